The predicted molar refractivity (Wildman–Crippen MR) is 120 cm³/mol. The van der Waals surface area contributed by atoms with E-state index in [9.17, 15) is 13.6 Å². The second-order valence-corrected chi connectivity index (χ2v) is 8.54. The van der Waals surface area contributed by atoms with Gasteiger partial charge in [0.25, 0.3) is 5.91 Å². The monoisotopic (exact) mass is 464 g/mol. The Kier molecular flexibility index (Phi) is 5.49. The lowest BCUT2D eigenvalue weighted by atomic mass is 10.1. The van der Waals surface area contributed by atoms with Crippen molar-refractivity contribution in [3.05, 3.63) is 64.9 Å². The summed E-state index contributed by atoms with van der Waals surface area (Å²) in [7, 11) is 1.32. The molecule has 1 saturated heterocycles. The molecule has 5 rings (SSSR count). The van der Waals surface area contributed by atoms with Crippen LogP contribution in [-0.2, 0) is 0 Å². The van der Waals surface area contributed by atoms with E-state index in [1.807, 2.05) is 0 Å². The van der Waals surface area contributed by atoms with Gasteiger partial charge >= 0.3 is 0 Å². The number of benzene rings is 1. The molecule has 34 heavy (non-hydrogen) atoms. The molecule has 2 aliphatic rings. The molecule has 1 atom stereocenters. The van der Waals surface area contributed by atoms with E-state index in [0.717, 1.165) is 12.8 Å². The summed E-state index contributed by atoms with van der Waals surface area (Å²) in [6.45, 7) is 8.07. The summed E-state index contributed by atoms with van der Waals surface area (Å²) in [6, 6.07) is 5.30. The number of halogens is 2. The molecular formula is C24H22F2N6O2. The minimum Gasteiger partial charge on any atom is -0.479 e. The van der Waals surface area contributed by atoms with Crippen LogP contribution in [0.15, 0.2) is 30.5 Å². The van der Waals surface area contributed by atoms with Crippen LogP contribution < -0.4 is 10.5 Å². The molecule has 1 aliphatic carbocycles. The van der Waals surface area contributed by atoms with Crippen molar-refractivity contribution in [2.24, 2.45) is 5.73 Å². The summed E-state index contributed by atoms with van der Waals surface area (Å²) >= 11 is 0. The van der Waals surface area contributed by atoms with Gasteiger partial charge in [0.2, 0.25) is 11.6 Å². The summed E-state index contributed by atoms with van der Waals surface area (Å²) in [4.78, 5) is 27.0. The summed E-state index contributed by atoms with van der Waals surface area (Å²) in [5.74, 6) is -1.46. The summed E-state index contributed by atoms with van der Waals surface area (Å²) in [5.41, 5.74) is 7.48. The van der Waals surface area contributed by atoms with Gasteiger partial charge < -0.3 is 15.4 Å². The van der Waals surface area contributed by atoms with Crippen molar-refractivity contribution in [2.45, 2.75) is 31.2 Å². The van der Waals surface area contributed by atoms with Gasteiger partial charge in [0.05, 0.1) is 31.3 Å². The van der Waals surface area contributed by atoms with Crippen molar-refractivity contribution in [1.82, 2.24) is 19.4 Å². The van der Waals surface area contributed by atoms with Crippen LogP contribution in [0.2, 0.25) is 0 Å². The highest BCUT2D eigenvalue weighted by Gasteiger charge is 2.38. The van der Waals surface area contributed by atoms with Gasteiger partial charge in [0.15, 0.2) is 11.5 Å². The van der Waals surface area contributed by atoms with Crippen molar-refractivity contribution in [1.29, 1.82) is 0 Å². The Morgan fingerprint density at radius 1 is 1.24 bits per heavy atom. The molecule has 0 unspecified atom stereocenters. The van der Waals surface area contributed by atoms with Crippen LogP contribution in [0.1, 0.15) is 41.4 Å². The standard InChI is InChI=1S/C24H22F2N6O2/c1-28-19-6-5-14(9-17(19)25)22-30-20(24(33)31-8-7-15(27)12-31)21(13-3-4-13)32(22)16-10-18(26)23(34-2)29-11-16/h5-6,9-11,13,15H,3-4,7-8,12,27H2,2H3/t15-/m1/s1. The number of pyridine rings is 1. The normalized spacial score (nSPS) is 17.6. The topological polar surface area (TPSA) is 90.6 Å². The van der Waals surface area contributed by atoms with Gasteiger partial charge in [-0.15, -0.1) is 0 Å². The number of imidazole rings is 1. The van der Waals surface area contributed by atoms with Crippen molar-refractivity contribution in [3.8, 4) is 23.0 Å². The highest BCUT2D eigenvalue weighted by molar-refractivity contribution is 5.95. The number of carbonyl (C=O) groups is 1. The first-order valence-corrected chi connectivity index (χ1v) is 11.0. The average Bonchev–Trinajstić information content (AvgIpc) is 3.45. The zero-order valence-corrected chi connectivity index (χ0v) is 18.5. The van der Waals surface area contributed by atoms with Crippen LogP contribution in [-0.4, -0.2) is 51.6 Å². The highest BCUT2D eigenvalue weighted by Crippen LogP contribution is 2.45. The molecule has 0 bridgehead atoms. The summed E-state index contributed by atoms with van der Waals surface area (Å²) < 4.78 is 35.8. The molecule has 3 aromatic rings. The number of hydrogen-bond donors (Lipinski definition) is 1. The number of carbonyl (C=O) groups excluding carboxylic acids is 1. The molecule has 2 fully saturated rings. The van der Waals surface area contributed by atoms with E-state index in [1.54, 1.807) is 15.5 Å². The fraction of sp³-hybridized carbons (Fsp3) is 0.333. The Balaban J connectivity index is 1.73. The first-order valence-electron chi connectivity index (χ1n) is 11.0. The molecule has 174 valence electrons. The first-order chi connectivity index (χ1) is 16.4. The third-order valence-electron chi connectivity index (χ3n) is 6.16. The molecule has 1 saturated carbocycles. The van der Waals surface area contributed by atoms with Crippen molar-refractivity contribution in [3.63, 3.8) is 0 Å². The lowest BCUT2D eigenvalue weighted by Gasteiger charge is -2.16. The molecular weight excluding hydrogens is 442 g/mol. The van der Waals surface area contributed by atoms with Gasteiger partial charge in [0, 0.05) is 36.7 Å². The van der Waals surface area contributed by atoms with Gasteiger partial charge in [-0.1, -0.05) is 12.1 Å². The van der Waals surface area contributed by atoms with Crippen LogP contribution in [0.5, 0.6) is 5.88 Å². The van der Waals surface area contributed by atoms with E-state index in [2.05, 4.69) is 14.8 Å². The zero-order chi connectivity index (χ0) is 24.0. The minimum absolute atomic E-state index is 0.0500. The van der Waals surface area contributed by atoms with Crippen molar-refractivity contribution < 1.29 is 18.3 Å². The number of rotatable bonds is 5. The van der Waals surface area contributed by atoms with Crippen molar-refractivity contribution in [2.75, 3.05) is 20.2 Å². The maximum absolute atomic E-state index is 14.6. The van der Waals surface area contributed by atoms with E-state index in [1.165, 1.54) is 31.5 Å². The molecule has 1 amide bonds. The Morgan fingerprint density at radius 2 is 2.03 bits per heavy atom. The minimum atomic E-state index is -0.701. The number of amides is 1. The van der Waals surface area contributed by atoms with Crippen LogP contribution in [0.3, 0.4) is 0 Å². The second-order valence-electron chi connectivity index (χ2n) is 8.54. The first kappa shape index (κ1) is 22.0. The number of aromatic nitrogens is 3. The average molecular weight is 464 g/mol. The van der Waals surface area contributed by atoms with E-state index >= 15 is 0 Å². The van der Waals surface area contributed by atoms with Gasteiger partial charge in [-0.05, 0) is 25.3 Å². The van der Waals surface area contributed by atoms with Gasteiger partial charge in [0.1, 0.15) is 11.6 Å². The van der Waals surface area contributed by atoms with Crippen molar-refractivity contribution >= 4 is 11.6 Å². The Hall–Kier alpha value is -3.84. The number of ether oxygens (including phenoxy) is 1. The number of nitrogens with two attached hydrogens (primary N) is 1. The largest absolute Gasteiger partial charge is 0.479 e. The quantitative estimate of drug-likeness (QED) is 0.580. The Bertz CT molecular complexity index is 1330. The predicted octanol–water partition coefficient (Wildman–Crippen LogP) is 3.82. The molecule has 0 spiro atoms. The van der Waals surface area contributed by atoms with E-state index in [-0.39, 0.29) is 41.0 Å². The van der Waals surface area contributed by atoms with E-state index in [4.69, 9.17) is 17.0 Å². The van der Waals surface area contributed by atoms with Gasteiger partial charge in [-0.25, -0.2) is 23.6 Å². The van der Waals surface area contributed by atoms with Gasteiger partial charge in [-0.2, -0.15) is 0 Å². The van der Waals surface area contributed by atoms with Gasteiger partial charge in [-0.3, -0.25) is 9.36 Å². The Morgan fingerprint density at radius 3 is 2.62 bits per heavy atom. The number of methoxy groups -OCH3 is 1. The maximum Gasteiger partial charge on any atom is 0.274 e. The summed E-state index contributed by atoms with van der Waals surface area (Å²) in [6.07, 6.45) is 3.84. The Labute approximate surface area is 194 Å². The lowest BCUT2D eigenvalue weighted by molar-refractivity contribution is 0.0784. The van der Waals surface area contributed by atoms with Crippen LogP contribution >= 0.6 is 0 Å². The van der Waals surface area contributed by atoms with E-state index in [0.29, 0.717) is 36.5 Å². The number of likely N-dealkylation sites (tertiary alicyclic amines) is 1. The molecule has 10 heteroatoms. The smallest absolute Gasteiger partial charge is 0.274 e. The third-order valence-corrected chi connectivity index (χ3v) is 6.16. The molecule has 8 nitrogen and oxygen atoms in total. The van der Waals surface area contributed by atoms with Crippen LogP contribution in [0.4, 0.5) is 14.5 Å². The molecule has 3 heterocycles. The van der Waals surface area contributed by atoms with Crippen LogP contribution in [0, 0.1) is 18.2 Å². The highest BCUT2D eigenvalue weighted by atomic mass is 19.1. The molecule has 2 N–H and O–H groups in total. The molecule has 0 radical (unpaired) electrons. The summed E-state index contributed by atoms with van der Waals surface area (Å²) in [5, 5.41) is 0. The lowest BCUT2D eigenvalue weighted by Crippen LogP contribution is -2.32. The number of hydrogen-bond acceptors (Lipinski definition) is 5. The molecule has 1 aromatic carbocycles. The fourth-order valence-corrected chi connectivity index (χ4v) is 4.32. The molecule has 2 aromatic heterocycles. The third kappa shape index (κ3) is 3.78. The van der Waals surface area contributed by atoms with Crippen LogP contribution in [0.25, 0.3) is 21.9 Å². The zero-order valence-electron chi connectivity index (χ0n) is 18.5. The SMILES string of the molecule is [C-]#[N+]c1ccc(-c2nc(C(=O)N3CC[C@@H](N)C3)c(C3CC3)n2-c2cnc(OC)c(F)c2)cc1F. The second kappa shape index (κ2) is 8.50. The fourth-order valence-electron chi connectivity index (χ4n) is 4.32. The molecule has 1 aliphatic heterocycles. The maximum atomic E-state index is 14.6. The number of nitrogens with zero attached hydrogens (tertiary/aromatic N) is 5. The van der Waals surface area contributed by atoms with E-state index < -0.39 is 11.6 Å².